The summed E-state index contributed by atoms with van der Waals surface area (Å²) >= 11 is 0. The number of carbonyl (C=O) groups excluding carboxylic acids is 1. The lowest BCUT2D eigenvalue weighted by Crippen LogP contribution is -2.50. The van der Waals surface area contributed by atoms with Crippen LogP contribution in [-0.4, -0.2) is 52.7 Å². The van der Waals surface area contributed by atoms with E-state index in [0.29, 0.717) is 62.5 Å². The number of aromatic nitrogens is 2. The fourth-order valence-electron chi connectivity index (χ4n) is 4.48. The number of nitrogens with zero attached hydrogens (tertiary/aromatic N) is 4. The fourth-order valence-corrected chi connectivity index (χ4v) is 4.48. The highest BCUT2D eigenvalue weighted by atomic mass is 19.1. The van der Waals surface area contributed by atoms with Gasteiger partial charge in [-0.2, -0.15) is 4.98 Å². The van der Waals surface area contributed by atoms with Gasteiger partial charge in [0.2, 0.25) is 11.8 Å². The normalized spacial score (nSPS) is 12.9. The number of nitrogens with one attached hydrogen (secondary N) is 1. The number of hydrogen-bond acceptors (Lipinski definition) is 8. The molecule has 0 unspecified atom stereocenters. The van der Waals surface area contributed by atoms with Crippen LogP contribution in [0.25, 0.3) is 0 Å². The molecule has 9 nitrogen and oxygen atoms in total. The summed E-state index contributed by atoms with van der Waals surface area (Å²) in [4.78, 5) is 24.8. The van der Waals surface area contributed by atoms with Crippen LogP contribution in [0.2, 0.25) is 0 Å². The van der Waals surface area contributed by atoms with Gasteiger partial charge in [-0.25, -0.2) is 14.2 Å². The van der Waals surface area contributed by atoms with Gasteiger partial charge < -0.3 is 29.3 Å². The molecule has 2 aromatic heterocycles. The minimum atomic E-state index is -0.567. The van der Waals surface area contributed by atoms with Crippen molar-refractivity contribution in [3.63, 3.8) is 0 Å². The molecule has 3 heterocycles. The van der Waals surface area contributed by atoms with Crippen LogP contribution in [0.3, 0.4) is 0 Å². The van der Waals surface area contributed by atoms with Crippen LogP contribution >= 0.6 is 0 Å². The number of piperazine rings is 1. The van der Waals surface area contributed by atoms with Crippen molar-refractivity contribution in [3.8, 4) is 11.8 Å². The Morgan fingerprint density at radius 2 is 1.47 bits per heavy atom. The highest BCUT2D eigenvalue weighted by Crippen LogP contribution is 2.31. The van der Waals surface area contributed by atoms with Crippen LogP contribution in [0.5, 0.6) is 11.8 Å². The van der Waals surface area contributed by atoms with Crippen molar-refractivity contribution in [1.82, 2.24) is 14.9 Å². The third-order valence-electron chi connectivity index (χ3n) is 6.61. The smallest absolute Gasteiger partial charge is 0.410 e. The maximum Gasteiger partial charge on any atom is 0.410 e. The van der Waals surface area contributed by atoms with Crippen LogP contribution in [0.1, 0.15) is 45.7 Å². The van der Waals surface area contributed by atoms with Crippen LogP contribution in [0, 0.1) is 5.82 Å². The number of carbonyl (C=O) groups is 1. The predicted octanol–water partition coefficient (Wildman–Crippen LogP) is 7.60. The molecule has 1 aliphatic rings. The van der Waals surface area contributed by atoms with Gasteiger partial charge in [0.15, 0.2) is 11.6 Å². The summed E-state index contributed by atoms with van der Waals surface area (Å²) in [5.41, 5.74) is 2.42. The second kappa shape index (κ2) is 15.7. The Bertz CT molecular complexity index is 1510. The maximum atomic E-state index is 15.3. The van der Waals surface area contributed by atoms with Crippen LogP contribution in [0.4, 0.5) is 26.4 Å². The molecule has 4 aromatic rings. The molecular formula is C35H42FN5O4. The summed E-state index contributed by atoms with van der Waals surface area (Å²) in [6.45, 7) is 11.9. The lowest BCUT2D eigenvalue weighted by Gasteiger charge is -2.36. The molecule has 45 heavy (non-hydrogen) atoms. The first-order valence-corrected chi connectivity index (χ1v) is 15.2. The maximum absolute atomic E-state index is 15.3. The minimum absolute atomic E-state index is 0.234. The molecule has 1 saturated heterocycles. The number of halogens is 1. The third kappa shape index (κ3) is 9.82. The van der Waals surface area contributed by atoms with Crippen molar-refractivity contribution < 1.29 is 23.4 Å². The van der Waals surface area contributed by atoms with Gasteiger partial charge in [-0.1, -0.05) is 74.5 Å². The average molecular weight is 616 g/mol. The topological polar surface area (TPSA) is 89.1 Å². The Balaban J connectivity index is 0.00000226. The monoisotopic (exact) mass is 615 g/mol. The number of hydrogen-bond donors (Lipinski definition) is 1. The molecule has 1 N–H and O–H groups in total. The highest BCUT2D eigenvalue weighted by molar-refractivity contribution is 5.69. The van der Waals surface area contributed by atoms with E-state index in [-0.39, 0.29) is 11.9 Å². The quantitative estimate of drug-likeness (QED) is 0.206. The molecule has 0 bridgehead atoms. The molecular weight excluding hydrogens is 573 g/mol. The molecule has 10 heteroatoms. The van der Waals surface area contributed by atoms with E-state index in [1.807, 2.05) is 100 Å². The first-order chi connectivity index (χ1) is 21.7. The van der Waals surface area contributed by atoms with E-state index in [9.17, 15) is 4.79 Å². The summed E-state index contributed by atoms with van der Waals surface area (Å²) in [6.07, 6.45) is 1.20. The van der Waals surface area contributed by atoms with Gasteiger partial charge in [0.1, 0.15) is 24.5 Å². The van der Waals surface area contributed by atoms with Gasteiger partial charge in [0, 0.05) is 38.3 Å². The summed E-state index contributed by atoms with van der Waals surface area (Å²) in [5, 5.41) is 3.19. The van der Waals surface area contributed by atoms with Gasteiger partial charge >= 0.3 is 6.09 Å². The second-order valence-corrected chi connectivity index (χ2v) is 11.2. The molecule has 0 radical (unpaired) electrons. The van der Waals surface area contributed by atoms with Gasteiger partial charge in [0.25, 0.3) is 0 Å². The average Bonchev–Trinajstić information content (AvgIpc) is 3.05. The van der Waals surface area contributed by atoms with E-state index in [0.717, 1.165) is 11.1 Å². The molecule has 5 rings (SSSR count). The van der Waals surface area contributed by atoms with E-state index >= 15 is 4.39 Å². The Morgan fingerprint density at radius 1 is 0.867 bits per heavy atom. The van der Waals surface area contributed by atoms with E-state index < -0.39 is 11.4 Å². The van der Waals surface area contributed by atoms with Crippen molar-refractivity contribution >= 4 is 23.3 Å². The Hall–Kier alpha value is -4.86. The van der Waals surface area contributed by atoms with Crippen molar-refractivity contribution in [1.29, 1.82) is 0 Å². The highest BCUT2D eigenvalue weighted by Gasteiger charge is 2.27. The number of benzene rings is 2. The minimum Gasteiger partial charge on any atom is -0.473 e. The molecule has 0 aliphatic carbocycles. The van der Waals surface area contributed by atoms with Crippen molar-refractivity contribution in [2.24, 2.45) is 0 Å². The van der Waals surface area contributed by atoms with Crippen LogP contribution in [0.15, 0.2) is 85.1 Å². The van der Waals surface area contributed by atoms with Gasteiger partial charge in [0.05, 0.1) is 11.9 Å². The van der Waals surface area contributed by atoms with Crippen molar-refractivity contribution in [2.45, 2.75) is 53.4 Å². The zero-order valence-corrected chi connectivity index (χ0v) is 26.6. The molecule has 1 aliphatic heterocycles. The second-order valence-electron chi connectivity index (χ2n) is 11.2. The first-order valence-electron chi connectivity index (χ1n) is 15.2. The summed E-state index contributed by atoms with van der Waals surface area (Å²) < 4.78 is 32.7. The zero-order valence-electron chi connectivity index (χ0n) is 26.6. The van der Waals surface area contributed by atoms with E-state index in [2.05, 4.69) is 15.3 Å². The predicted molar refractivity (Wildman–Crippen MR) is 175 cm³/mol. The summed E-state index contributed by atoms with van der Waals surface area (Å²) in [7, 11) is 0. The molecule has 0 atom stereocenters. The van der Waals surface area contributed by atoms with Crippen LogP contribution < -0.4 is 19.7 Å². The van der Waals surface area contributed by atoms with Crippen LogP contribution in [-0.2, 0) is 18.0 Å². The molecule has 0 spiro atoms. The number of pyridine rings is 2. The first kappa shape index (κ1) is 33.0. The van der Waals surface area contributed by atoms with E-state index in [4.69, 9.17) is 14.2 Å². The lowest BCUT2D eigenvalue weighted by atomic mass is 10.2. The third-order valence-corrected chi connectivity index (χ3v) is 6.61. The van der Waals surface area contributed by atoms with E-state index in [1.54, 1.807) is 23.2 Å². The summed E-state index contributed by atoms with van der Waals surface area (Å²) in [6, 6.07) is 24.5. The molecule has 0 saturated carbocycles. The Morgan fingerprint density at radius 3 is 2.04 bits per heavy atom. The van der Waals surface area contributed by atoms with E-state index in [1.165, 1.54) is 6.07 Å². The number of ether oxygens (including phenoxy) is 3. The van der Waals surface area contributed by atoms with Crippen molar-refractivity contribution in [2.75, 3.05) is 36.4 Å². The Kier molecular flexibility index (Phi) is 11.6. The molecule has 1 fully saturated rings. The lowest BCUT2D eigenvalue weighted by molar-refractivity contribution is 0.0240. The Labute approximate surface area is 265 Å². The SMILES string of the molecule is CC.CC(C)(C)OC(=O)N1CCN(c2ncc(Nc3ccc(OCc4ccccc4)nc3OCc3ccccc3)cc2F)CC1. The van der Waals surface area contributed by atoms with Gasteiger partial charge in [-0.3, -0.25) is 0 Å². The van der Waals surface area contributed by atoms with Gasteiger partial charge in [-0.15, -0.1) is 0 Å². The zero-order chi connectivity index (χ0) is 32.2. The largest absolute Gasteiger partial charge is 0.473 e. The van der Waals surface area contributed by atoms with Gasteiger partial charge in [-0.05, 0) is 38.0 Å². The van der Waals surface area contributed by atoms with Crippen molar-refractivity contribution in [3.05, 3.63) is 102 Å². The summed E-state index contributed by atoms with van der Waals surface area (Å²) in [5.74, 6) is 0.482. The molecule has 238 valence electrons. The number of anilines is 3. The molecule has 2 aromatic carbocycles. The number of rotatable bonds is 9. The standard InChI is InChI=1S/C33H36FN5O4.C2H6/c1-33(2,3)43-32(40)39-18-16-38(17-19-39)30-27(34)20-26(21-35-30)36-28-14-15-29(41-22-24-10-6-4-7-11-24)37-31(28)42-23-25-12-8-5-9-13-25;1-2/h4-15,20-21,36H,16-19,22-23H2,1-3H3;1-2H3. The fraction of sp³-hybridized carbons (Fsp3) is 0.343. The number of amides is 1. The molecule has 1 amide bonds.